The van der Waals surface area contributed by atoms with Crippen LogP contribution in [0.25, 0.3) is 0 Å². The summed E-state index contributed by atoms with van der Waals surface area (Å²) in [5.41, 5.74) is 2.63. The molecule has 2 aromatic rings. The first-order valence-electron chi connectivity index (χ1n) is 7.96. The molecular weight excluding hydrogens is 338 g/mol. The Labute approximate surface area is 150 Å². The molecule has 1 aliphatic heterocycles. The minimum Gasteiger partial charge on any atom is -0.497 e. The van der Waals surface area contributed by atoms with E-state index in [0.29, 0.717) is 11.3 Å². The van der Waals surface area contributed by atoms with Gasteiger partial charge in [0.05, 0.1) is 7.11 Å². The normalized spacial score (nSPS) is 17.2. The SMILES string of the molecule is COc1ccc(C(NC(=O)C2SCCc3ccccc32)C(=O)O)cc1. The number of aryl methyl sites for hydroxylation is 1. The van der Waals surface area contributed by atoms with Crippen molar-refractivity contribution in [2.45, 2.75) is 17.7 Å². The number of amides is 1. The Morgan fingerprint density at radius 1 is 1.20 bits per heavy atom. The third-order valence-electron chi connectivity index (χ3n) is 4.21. The lowest BCUT2D eigenvalue weighted by atomic mass is 10.0. The fourth-order valence-corrected chi connectivity index (χ4v) is 4.12. The molecule has 6 heteroatoms. The topological polar surface area (TPSA) is 75.6 Å². The van der Waals surface area contributed by atoms with Crippen molar-refractivity contribution in [3.05, 3.63) is 65.2 Å². The maximum absolute atomic E-state index is 12.8. The van der Waals surface area contributed by atoms with E-state index in [4.69, 9.17) is 4.74 Å². The zero-order valence-electron chi connectivity index (χ0n) is 13.8. The van der Waals surface area contributed by atoms with E-state index in [-0.39, 0.29) is 11.2 Å². The Kier molecular flexibility index (Phi) is 5.28. The van der Waals surface area contributed by atoms with Crippen molar-refractivity contribution in [2.75, 3.05) is 12.9 Å². The number of thioether (sulfide) groups is 1. The van der Waals surface area contributed by atoms with Crippen LogP contribution < -0.4 is 10.1 Å². The fourth-order valence-electron chi connectivity index (χ4n) is 2.91. The first-order valence-corrected chi connectivity index (χ1v) is 9.01. The number of carbonyl (C=O) groups excluding carboxylic acids is 1. The second-order valence-corrected chi connectivity index (χ2v) is 6.97. The van der Waals surface area contributed by atoms with Crippen LogP contribution in [0.3, 0.4) is 0 Å². The van der Waals surface area contributed by atoms with Gasteiger partial charge in [0.2, 0.25) is 5.91 Å². The first kappa shape index (κ1) is 17.4. The molecule has 0 bridgehead atoms. The number of benzene rings is 2. The molecule has 1 aliphatic rings. The number of nitrogens with one attached hydrogen (secondary N) is 1. The molecular formula is C19H19NO4S. The smallest absolute Gasteiger partial charge is 0.330 e. The van der Waals surface area contributed by atoms with E-state index >= 15 is 0 Å². The predicted octanol–water partition coefficient (Wildman–Crippen LogP) is 2.97. The van der Waals surface area contributed by atoms with E-state index in [0.717, 1.165) is 23.3 Å². The Balaban J connectivity index is 1.81. The molecule has 25 heavy (non-hydrogen) atoms. The van der Waals surface area contributed by atoms with E-state index in [1.54, 1.807) is 43.1 Å². The molecule has 0 spiro atoms. The number of aliphatic carboxylic acids is 1. The molecule has 130 valence electrons. The van der Waals surface area contributed by atoms with Crippen LogP contribution in [0.2, 0.25) is 0 Å². The van der Waals surface area contributed by atoms with E-state index in [1.165, 1.54) is 0 Å². The lowest BCUT2D eigenvalue weighted by molar-refractivity contribution is -0.142. The number of ether oxygens (including phenoxy) is 1. The monoisotopic (exact) mass is 357 g/mol. The minimum absolute atomic E-state index is 0.277. The first-order chi connectivity index (χ1) is 12.1. The molecule has 0 saturated heterocycles. The van der Waals surface area contributed by atoms with Gasteiger partial charge in [-0.15, -0.1) is 11.8 Å². The van der Waals surface area contributed by atoms with Gasteiger partial charge in [-0.3, -0.25) is 4.79 Å². The summed E-state index contributed by atoms with van der Waals surface area (Å²) in [7, 11) is 1.54. The second kappa shape index (κ2) is 7.61. The van der Waals surface area contributed by atoms with Crippen molar-refractivity contribution in [2.24, 2.45) is 0 Å². The van der Waals surface area contributed by atoms with Gasteiger partial charge in [0.25, 0.3) is 0 Å². The molecule has 0 saturated carbocycles. The summed E-state index contributed by atoms with van der Waals surface area (Å²) in [4.78, 5) is 24.4. The van der Waals surface area contributed by atoms with Gasteiger partial charge in [-0.2, -0.15) is 0 Å². The zero-order chi connectivity index (χ0) is 17.8. The maximum Gasteiger partial charge on any atom is 0.330 e. The number of fused-ring (bicyclic) bond motifs is 1. The number of rotatable bonds is 5. The van der Waals surface area contributed by atoms with Crippen LogP contribution >= 0.6 is 11.8 Å². The van der Waals surface area contributed by atoms with Crippen molar-refractivity contribution in [1.29, 1.82) is 0 Å². The quantitative estimate of drug-likeness (QED) is 0.860. The second-order valence-electron chi connectivity index (χ2n) is 5.75. The molecule has 2 atom stereocenters. The Bertz CT molecular complexity index is 775. The summed E-state index contributed by atoms with van der Waals surface area (Å²) in [5, 5.41) is 11.8. The third-order valence-corrected chi connectivity index (χ3v) is 5.46. The zero-order valence-corrected chi connectivity index (χ0v) is 14.6. The van der Waals surface area contributed by atoms with E-state index in [9.17, 15) is 14.7 Å². The number of methoxy groups -OCH3 is 1. The summed E-state index contributed by atoms with van der Waals surface area (Å²) in [6.45, 7) is 0. The summed E-state index contributed by atoms with van der Waals surface area (Å²) in [5.74, 6) is 0.110. The van der Waals surface area contributed by atoms with Gasteiger partial charge in [0, 0.05) is 0 Å². The molecule has 2 N–H and O–H groups in total. The van der Waals surface area contributed by atoms with Crippen molar-refractivity contribution in [3.8, 4) is 5.75 Å². The Hall–Kier alpha value is -2.47. The van der Waals surface area contributed by atoms with Crippen molar-refractivity contribution >= 4 is 23.6 Å². The van der Waals surface area contributed by atoms with Crippen LogP contribution in [0.4, 0.5) is 0 Å². The minimum atomic E-state index is -1.09. The van der Waals surface area contributed by atoms with Crippen LogP contribution in [0, 0.1) is 0 Å². The molecule has 1 heterocycles. The average molecular weight is 357 g/mol. The van der Waals surface area contributed by atoms with E-state index in [2.05, 4.69) is 5.32 Å². The molecule has 0 fully saturated rings. The average Bonchev–Trinajstić information content (AvgIpc) is 2.65. The van der Waals surface area contributed by atoms with Crippen LogP contribution in [-0.4, -0.2) is 29.8 Å². The number of carboxylic acids is 1. The lowest BCUT2D eigenvalue weighted by Crippen LogP contribution is -2.37. The maximum atomic E-state index is 12.8. The molecule has 3 rings (SSSR count). The van der Waals surface area contributed by atoms with E-state index < -0.39 is 12.0 Å². The van der Waals surface area contributed by atoms with Gasteiger partial charge in [-0.25, -0.2) is 4.79 Å². The summed E-state index contributed by atoms with van der Waals surface area (Å²) in [6, 6.07) is 13.4. The van der Waals surface area contributed by atoms with Gasteiger partial charge >= 0.3 is 5.97 Å². The highest BCUT2D eigenvalue weighted by Crippen LogP contribution is 2.37. The third kappa shape index (κ3) is 3.79. The van der Waals surface area contributed by atoms with Crippen LogP contribution in [0.15, 0.2) is 48.5 Å². The fraction of sp³-hybridized carbons (Fsp3) is 0.263. The van der Waals surface area contributed by atoms with Crippen molar-refractivity contribution in [1.82, 2.24) is 5.32 Å². The number of carboxylic acid groups (broad SMARTS) is 1. The molecule has 0 aliphatic carbocycles. The van der Waals surface area contributed by atoms with Crippen LogP contribution in [0.5, 0.6) is 5.75 Å². The highest BCUT2D eigenvalue weighted by molar-refractivity contribution is 8.00. The molecule has 2 aromatic carbocycles. The largest absolute Gasteiger partial charge is 0.497 e. The Morgan fingerprint density at radius 3 is 2.60 bits per heavy atom. The van der Waals surface area contributed by atoms with Crippen molar-refractivity contribution in [3.63, 3.8) is 0 Å². The van der Waals surface area contributed by atoms with Crippen LogP contribution in [0.1, 0.15) is 28.0 Å². The number of hydrogen-bond donors (Lipinski definition) is 2. The van der Waals surface area contributed by atoms with Gasteiger partial charge in [0.15, 0.2) is 6.04 Å². The standard InChI is InChI=1S/C19H19NO4S/c1-24-14-8-6-13(7-9-14)16(19(22)23)20-18(21)17-15-5-3-2-4-12(15)10-11-25-17/h2-9,16-17H,10-11H2,1H3,(H,20,21)(H,22,23). The van der Waals surface area contributed by atoms with E-state index in [1.807, 2.05) is 24.3 Å². The van der Waals surface area contributed by atoms with Gasteiger partial charge in [-0.05, 0) is 41.0 Å². The number of carbonyl (C=O) groups is 2. The molecule has 1 amide bonds. The van der Waals surface area contributed by atoms with Crippen molar-refractivity contribution < 1.29 is 19.4 Å². The molecule has 5 nitrogen and oxygen atoms in total. The van der Waals surface area contributed by atoms with Gasteiger partial charge in [-0.1, -0.05) is 36.4 Å². The highest BCUT2D eigenvalue weighted by atomic mass is 32.2. The van der Waals surface area contributed by atoms with Gasteiger partial charge < -0.3 is 15.2 Å². The van der Waals surface area contributed by atoms with Gasteiger partial charge in [0.1, 0.15) is 11.0 Å². The summed E-state index contributed by atoms with van der Waals surface area (Å²) >= 11 is 1.54. The summed E-state index contributed by atoms with van der Waals surface area (Å²) < 4.78 is 5.09. The summed E-state index contributed by atoms with van der Waals surface area (Å²) in [6.07, 6.45) is 0.922. The Morgan fingerprint density at radius 2 is 1.92 bits per heavy atom. The predicted molar refractivity (Wildman–Crippen MR) is 96.9 cm³/mol. The number of hydrogen-bond acceptors (Lipinski definition) is 4. The molecule has 2 unspecified atom stereocenters. The molecule has 0 radical (unpaired) electrons. The molecule has 0 aromatic heterocycles. The lowest BCUT2D eigenvalue weighted by Gasteiger charge is -2.26. The van der Waals surface area contributed by atoms with Crippen LogP contribution in [-0.2, 0) is 16.0 Å². The highest BCUT2D eigenvalue weighted by Gasteiger charge is 2.30.